The summed E-state index contributed by atoms with van der Waals surface area (Å²) in [7, 11) is 0. The minimum atomic E-state index is -0.215. The Morgan fingerprint density at radius 1 is 1.89 bits per heavy atom. The molecule has 0 atom stereocenters. The monoisotopic (exact) mass is 125 g/mol. The van der Waals surface area contributed by atoms with Gasteiger partial charge in [0.1, 0.15) is 0 Å². The number of hydrogen-bond donors (Lipinski definition) is 0. The van der Waals surface area contributed by atoms with E-state index in [2.05, 4.69) is 16.6 Å². The van der Waals surface area contributed by atoms with Gasteiger partial charge in [0, 0.05) is 4.91 Å². The van der Waals surface area contributed by atoms with E-state index < -0.39 is 0 Å². The van der Waals surface area contributed by atoms with E-state index >= 15 is 0 Å². The third-order valence-electron chi connectivity index (χ3n) is 0.754. The van der Waals surface area contributed by atoms with Crippen molar-refractivity contribution in [3.8, 4) is 0 Å². The van der Waals surface area contributed by atoms with Crippen LogP contribution >= 0.6 is 0 Å². The zero-order chi connectivity index (χ0) is 7.28. The maximum Gasteiger partial charge on any atom is 0.163 e. The van der Waals surface area contributed by atoms with E-state index in [4.69, 9.17) is 5.53 Å². The Morgan fingerprint density at radius 3 is 2.78 bits per heavy atom. The molecule has 9 heavy (non-hydrogen) atoms. The van der Waals surface area contributed by atoms with Crippen LogP contribution in [-0.2, 0) is 4.79 Å². The quantitative estimate of drug-likeness (QED) is 0.243. The molecule has 0 unspecified atom stereocenters. The van der Waals surface area contributed by atoms with Crippen molar-refractivity contribution in [2.75, 3.05) is 6.54 Å². The van der Waals surface area contributed by atoms with Crippen molar-refractivity contribution in [2.24, 2.45) is 5.11 Å². The average Bonchev–Trinajstić information content (AvgIpc) is 1.82. The Balaban J connectivity index is 3.78. The summed E-state index contributed by atoms with van der Waals surface area (Å²) in [6.07, 6.45) is 0. The zero-order valence-electron chi connectivity index (χ0n) is 5.16. The van der Waals surface area contributed by atoms with Gasteiger partial charge in [0.2, 0.25) is 0 Å². The molecule has 0 spiro atoms. The number of azide groups is 1. The van der Waals surface area contributed by atoms with Crippen LogP contribution in [0.3, 0.4) is 0 Å². The average molecular weight is 125 g/mol. The van der Waals surface area contributed by atoms with E-state index in [1.165, 1.54) is 0 Å². The molecule has 0 radical (unpaired) electrons. The van der Waals surface area contributed by atoms with E-state index in [0.717, 1.165) is 0 Å². The van der Waals surface area contributed by atoms with Gasteiger partial charge >= 0.3 is 0 Å². The van der Waals surface area contributed by atoms with Crippen LogP contribution in [0.4, 0.5) is 0 Å². The normalized spacial score (nSPS) is 7.67. The SMILES string of the molecule is C=C(C)C(=O)CN=[N+]=[N-]. The van der Waals surface area contributed by atoms with Gasteiger partial charge in [-0.05, 0) is 18.0 Å². The molecule has 48 valence electrons. The molecule has 0 saturated carbocycles. The van der Waals surface area contributed by atoms with Crippen LogP contribution in [0.15, 0.2) is 17.3 Å². The second kappa shape index (κ2) is 3.69. The summed E-state index contributed by atoms with van der Waals surface area (Å²) < 4.78 is 0. The summed E-state index contributed by atoms with van der Waals surface area (Å²) in [5.41, 5.74) is 8.19. The van der Waals surface area contributed by atoms with E-state index in [-0.39, 0.29) is 12.3 Å². The fourth-order valence-electron chi connectivity index (χ4n) is 0.231. The molecule has 0 aliphatic rings. The number of ketones is 1. The summed E-state index contributed by atoms with van der Waals surface area (Å²) in [5, 5.41) is 3.06. The topological polar surface area (TPSA) is 65.8 Å². The molecule has 0 amide bonds. The van der Waals surface area contributed by atoms with E-state index in [1.54, 1.807) is 6.92 Å². The molecule has 0 fully saturated rings. The van der Waals surface area contributed by atoms with Crippen LogP contribution in [-0.4, -0.2) is 12.3 Å². The number of nitrogens with zero attached hydrogens (tertiary/aromatic N) is 3. The van der Waals surface area contributed by atoms with Gasteiger partial charge in [0.25, 0.3) is 0 Å². The predicted octanol–water partition coefficient (Wildman–Crippen LogP) is 1.44. The predicted molar refractivity (Wildman–Crippen MR) is 33.8 cm³/mol. The summed E-state index contributed by atoms with van der Waals surface area (Å²) in [6, 6.07) is 0. The maximum absolute atomic E-state index is 10.5. The number of rotatable bonds is 3. The van der Waals surface area contributed by atoms with Gasteiger partial charge in [-0.1, -0.05) is 11.7 Å². The van der Waals surface area contributed by atoms with Gasteiger partial charge in [0.15, 0.2) is 5.78 Å². The second-order valence-corrected chi connectivity index (χ2v) is 1.59. The lowest BCUT2D eigenvalue weighted by Gasteiger charge is -1.88. The van der Waals surface area contributed by atoms with Crippen LogP contribution in [0.25, 0.3) is 10.4 Å². The molecule has 0 rings (SSSR count). The molecule has 0 aliphatic carbocycles. The van der Waals surface area contributed by atoms with Gasteiger partial charge in [-0.2, -0.15) is 0 Å². The first-order chi connectivity index (χ1) is 4.18. The lowest BCUT2D eigenvalue weighted by molar-refractivity contribution is -0.114. The van der Waals surface area contributed by atoms with Crippen molar-refractivity contribution < 1.29 is 4.79 Å². The van der Waals surface area contributed by atoms with Crippen LogP contribution < -0.4 is 0 Å². The smallest absolute Gasteiger partial charge is 0.163 e. The molecule has 0 aromatic rings. The van der Waals surface area contributed by atoms with Gasteiger partial charge < -0.3 is 0 Å². The van der Waals surface area contributed by atoms with E-state index in [9.17, 15) is 4.79 Å². The third-order valence-corrected chi connectivity index (χ3v) is 0.754. The van der Waals surface area contributed by atoms with Gasteiger partial charge in [-0.25, -0.2) is 0 Å². The van der Waals surface area contributed by atoms with Crippen molar-refractivity contribution in [2.45, 2.75) is 6.92 Å². The Hall–Kier alpha value is -1.28. The molecule has 4 nitrogen and oxygen atoms in total. The Kier molecular flexibility index (Phi) is 3.16. The molecule has 0 bridgehead atoms. The molecular weight excluding hydrogens is 118 g/mol. The molecule has 0 aliphatic heterocycles. The van der Waals surface area contributed by atoms with Gasteiger partial charge in [-0.15, -0.1) is 0 Å². The number of hydrogen-bond acceptors (Lipinski definition) is 2. The summed E-state index contributed by atoms with van der Waals surface area (Å²) in [6.45, 7) is 4.83. The van der Waals surface area contributed by atoms with Gasteiger partial charge in [0.05, 0.1) is 6.54 Å². The van der Waals surface area contributed by atoms with Crippen LogP contribution in [0.1, 0.15) is 6.92 Å². The van der Waals surface area contributed by atoms with Crippen LogP contribution in [0.5, 0.6) is 0 Å². The minimum Gasteiger partial charge on any atom is -0.294 e. The molecule has 0 aromatic heterocycles. The Morgan fingerprint density at radius 2 is 2.44 bits per heavy atom. The van der Waals surface area contributed by atoms with Crippen molar-refractivity contribution >= 4 is 5.78 Å². The number of Topliss-reactive ketones (excluding diaryl/α,β-unsaturated/α-hetero) is 1. The van der Waals surface area contributed by atoms with Crippen LogP contribution in [0.2, 0.25) is 0 Å². The zero-order valence-corrected chi connectivity index (χ0v) is 5.16. The third kappa shape index (κ3) is 3.32. The van der Waals surface area contributed by atoms with Crippen molar-refractivity contribution in [3.63, 3.8) is 0 Å². The second-order valence-electron chi connectivity index (χ2n) is 1.59. The first-order valence-electron chi connectivity index (χ1n) is 2.38. The summed E-state index contributed by atoms with van der Waals surface area (Å²) in [4.78, 5) is 13.0. The Bertz CT molecular complexity index is 179. The molecule has 0 heterocycles. The molecule has 0 N–H and O–H groups in total. The highest BCUT2D eigenvalue weighted by molar-refractivity contribution is 5.95. The van der Waals surface area contributed by atoms with Gasteiger partial charge in [-0.3, -0.25) is 4.79 Å². The fraction of sp³-hybridized carbons (Fsp3) is 0.400. The Labute approximate surface area is 52.8 Å². The van der Waals surface area contributed by atoms with Crippen molar-refractivity contribution in [3.05, 3.63) is 22.6 Å². The first-order valence-corrected chi connectivity index (χ1v) is 2.38. The maximum atomic E-state index is 10.5. The van der Waals surface area contributed by atoms with Crippen LogP contribution in [0, 0.1) is 0 Å². The molecular formula is C5H7N3O. The van der Waals surface area contributed by atoms with E-state index in [0.29, 0.717) is 5.57 Å². The molecule has 4 heteroatoms. The number of carbonyl (C=O) groups is 1. The van der Waals surface area contributed by atoms with E-state index in [1.807, 2.05) is 0 Å². The lowest BCUT2D eigenvalue weighted by atomic mass is 10.2. The fourth-order valence-corrected chi connectivity index (χ4v) is 0.231. The minimum absolute atomic E-state index is 0.119. The highest BCUT2D eigenvalue weighted by atomic mass is 16.1. The standard InChI is InChI=1S/C5H7N3O/c1-4(2)5(9)3-7-8-6/h1,3H2,2H3. The molecule has 0 aromatic carbocycles. The largest absolute Gasteiger partial charge is 0.294 e. The van der Waals surface area contributed by atoms with Crippen molar-refractivity contribution in [1.82, 2.24) is 0 Å². The molecule has 0 saturated heterocycles. The summed E-state index contributed by atoms with van der Waals surface area (Å²) >= 11 is 0. The summed E-state index contributed by atoms with van der Waals surface area (Å²) in [5.74, 6) is -0.215. The first kappa shape index (κ1) is 7.72. The number of carbonyl (C=O) groups excluding carboxylic acids is 1. The lowest BCUT2D eigenvalue weighted by Crippen LogP contribution is -2.01. The highest BCUT2D eigenvalue weighted by Crippen LogP contribution is 1.89. The highest BCUT2D eigenvalue weighted by Gasteiger charge is 1.97. The van der Waals surface area contributed by atoms with Crippen molar-refractivity contribution in [1.29, 1.82) is 0 Å².